The molecule has 1 aromatic rings. The van der Waals surface area contributed by atoms with Gasteiger partial charge in [0.15, 0.2) is 11.6 Å². The summed E-state index contributed by atoms with van der Waals surface area (Å²) in [6.07, 6.45) is 2.54. The van der Waals surface area contributed by atoms with E-state index in [4.69, 9.17) is 10.5 Å². The van der Waals surface area contributed by atoms with Gasteiger partial charge in [0.2, 0.25) is 0 Å². The number of hydrogen-bond acceptors (Lipinski definition) is 3. The third-order valence-corrected chi connectivity index (χ3v) is 2.64. The Labute approximate surface area is 91.2 Å². The summed E-state index contributed by atoms with van der Waals surface area (Å²) >= 11 is 0. The number of halogens is 2. The smallest absolute Gasteiger partial charge is 0.340 e. The summed E-state index contributed by atoms with van der Waals surface area (Å²) in [6, 6.07) is 1.55. The molecule has 1 fully saturated rings. The fourth-order valence-corrected chi connectivity index (χ4v) is 1.44. The first-order chi connectivity index (χ1) is 7.58. The second kappa shape index (κ2) is 4.08. The summed E-state index contributed by atoms with van der Waals surface area (Å²) in [5.41, 5.74) is 5.19. The molecule has 0 saturated heterocycles. The van der Waals surface area contributed by atoms with Crippen molar-refractivity contribution < 1.29 is 18.3 Å². The molecule has 0 bridgehead atoms. The van der Waals surface area contributed by atoms with Gasteiger partial charge < -0.3 is 10.5 Å². The maximum atomic E-state index is 12.9. The SMILES string of the molecule is Nc1cc(F)c(F)cc1C(=O)OC1CCC1. The summed E-state index contributed by atoms with van der Waals surface area (Å²) in [7, 11) is 0. The van der Waals surface area contributed by atoms with Crippen molar-refractivity contribution in [2.75, 3.05) is 5.73 Å². The lowest BCUT2D eigenvalue weighted by atomic mass is 9.96. The van der Waals surface area contributed by atoms with Gasteiger partial charge in [0.1, 0.15) is 6.10 Å². The number of carbonyl (C=O) groups is 1. The predicted molar refractivity (Wildman–Crippen MR) is 53.8 cm³/mol. The van der Waals surface area contributed by atoms with Crippen LogP contribution in [0.1, 0.15) is 29.6 Å². The third kappa shape index (κ3) is 1.98. The lowest BCUT2D eigenvalue weighted by Gasteiger charge is -2.25. The van der Waals surface area contributed by atoms with Crippen LogP contribution in [-0.2, 0) is 4.74 Å². The van der Waals surface area contributed by atoms with Crippen molar-refractivity contribution in [3.05, 3.63) is 29.3 Å². The molecule has 1 saturated carbocycles. The van der Waals surface area contributed by atoms with E-state index >= 15 is 0 Å². The molecule has 0 heterocycles. The molecule has 16 heavy (non-hydrogen) atoms. The molecule has 1 aromatic carbocycles. The minimum absolute atomic E-state index is 0.108. The van der Waals surface area contributed by atoms with Gasteiger partial charge in [-0.3, -0.25) is 0 Å². The van der Waals surface area contributed by atoms with E-state index in [0.717, 1.165) is 31.4 Å². The minimum atomic E-state index is -1.10. The second-order valence-electron chi connectivity index (χ2n) is 3.81. The van der Waals surface area contributed by atoms with Gasteiger partial charge in [0, 0.05) is 11.8 Å². The van der Waals surface area contributed by atoms with Gasteiger partial charge in [-0.25, -0.2) is 13.6 Å². The average Bonchev–Trinajstić information content (AvgIpc) is 2.17. The Balaban J connectivity index is 2.18. The zero-order valence-electron chi connectivity index (χ0n) is 8.50. The first-order valence-electron chi connectivity index (χ1n) is 5.03. The summed E-state index contributed by atoms with van der Waals surface area (Å²) in [6.45, 7) is 0. The van der Waals surface area contributed by atoms with Crippen LogP contribution in [0, 0.1) is 11.6 Å². The number of hydrogen-bond donors (Lipinski definition) is 1. The first-order valence-corrected chi connectivity index (χ1v) is 5.03. The van der Waals surface area contributed by atoms with Crippen LogP contribution in [0.4, 0.5) is 14.5 Å². The molecule has 0 atom stereocenters. The maximum Gasteiger partial charge on any atom is 0.340 e. The molecule has 3 nitrogen and oxygen atoms in total. The molecule has 5 heteroatoms. The standard InChI is InChI=1S/C11H11F2NO2/c12-8-4-7(10(14)5-9(8)13)11(15)16-6-2-1-3-6/h4-6H,1-3,14H2. The number of ether oxygens (including phenoxy) is 1. The lowest BCUT2D eigenvalue weighted by Crippen LogP contribution is -2.25. The van der Waals surface area contributed by atoms with Gasteiger partial charge in [-0.2, -0.15) is 0 Å². The van der Waals surface area contributed by atoms with E-state index in [1.807, 2.05) is 0 Å². The third-order valence-electron chi connectivity index (χ3n) is 2.64. The number of carbonyl (C=O) groups excluding carboxylic acids is 1. The van der Waals surface area contributed by atoms with E-state index in [1.165, 1.54) is 0 Å². The Bertz CT molecular complexity index is 430. The summed E-state index contributed by atoms with van der Waals surface area (Å²) in [4.78, 5) is 11.5. The molecule has 0 aromatic heterocycles. The van der Waals surface area contributed by atoms with Crippen LogP contribution in [0.15, 0.2) is 12.1 Å². The van der Waals surface area contributed by atoms with Crippen molar-refractivity contribution in [1.82, 2.24) is 0 Å². The molecule has 0 spiro atoms. The highest BCUT2D eigenvalue weighted by molar-refractivity contribution is 5.95. The fraction of sp³-hybridized carbons (Fsp3) is 0.364. The Morgan fingerprint density at radius 3 is 2.50 bits per heavy atom. The Morgan fingerprint density at radius 2 is 1.94 bits per heavy atom. The Morgan fingerprint density at radius 1 is 1.31 bits per heavy atom. The number of nitrogen functional groups attached to an aromatic ring is 1. The topological polar surface area (TPSA) is 52.3 Å². The highest BCUT2D eigenvalue weighted by Gasteiger charge is 2.24. The normalized spacial score (nSPS) is 15.6. The number of benzene rings is 1. The zero-order chi connectivity index (χ0) is 11.7. The zero-order valence-corrected chi connectivity index (χ0v) is 8.50. The van der Waals surface area contributed by atoms with E-state index in [9.17, 15) is 13.6 Å². The van der Waals surface area contributed by atoms with Crippen LogP contribution in [0.3, 0.4) is 0 Å². The number of esters is 1. The van der Waals surface area contributed by atoms with Crippen LogP contribution in [0.2, 0.25) is 0 Å². The van der Waals surface area contributed by atoms with Crippen molar-refractivity contribution in [3.63, 3.8) is 0 Å². The van der Waals surface area contributed by atoms with Crippen molar-refractivity contribution in [2.24, 2.45) is 0 Å². The van der Waals surface area contributed by atoms with Crippen molar-refractivity contribution in [3.8, 4) is 0 Å². The molecule has 2 rings (SSSR count). The van der Waals surface area contributed by atoms with Gasteiger partial charge >= 0.3 is 5.97 Å². The van der Waals surface area contributed by atoms with Gasteiger partial charge in [0.05, 0.1) is 5.56 Å². The summed E-state index contributed by atoms with van der Waals surface area (Å²) in [5.74, 6) is -2.87. The van der Waals surface area contributed by atoms with E-state index in [2.05, 4.69) is 0 Å². The van der Waals surface area contributed by atoms with Gasteiger partial charge in [0.25, 0.3) is 0 Å². The molecule has 1 aliphatic rings. The van der Waals surface area contributed by atoms with Crippen LogP contribution in [0.5, 0.6) is 0 Å². The highest BCUT2D eigenvalue weighted by atomic mass is 19.2. The maximum absolute atomic E-state index is 12.9. The van der Waals surface area contributed by atoms with E-state index in [-0.39, 0.29) is 17.4 Å². The van der Waals surface area contributed by atoms with Crippen molar-refractivity contribution >= 4 is 11.7 Å². The van der Waals surface area contributed by atoms with E-state index in [1.54, 1.807) is 0 Å². The molecule has 0 aliphatic heterocycles. The Hall–Kier alpha value is -1.65. The predicted octanol–water partition coefficient (Wildman–Crippen LogP) is 2.26. The van der Waals surface area contributed by atoms with Crippen molar-refractivity contribution in [2.45, 2.75) is 25.4 Å². The molecule has 86 valence electrons. The van der Waals surface area contributed by atoms with E-state index in [0.29, 0.717) is 0 Å². The first kappa shape index (κ1) is 10.9. The fourth-order valence-electron chi connectivity index (χ4n) is 1.44. The molecule has 0 radical (unpaired) electrons. The number of rotatable bonds is 2. The molecule has 0 unspecified atom stereocenters. The summed E-state index contributed by atoms with van der Waals surface area (Å²) in [5, 5.41) is 0. The van der Waals surface area contributed by atoms with Crippen molar-refractivity contribution in [1.29, 1.82) is 0 Å². The highest BCUT2D eigenvalue weighted by Crippen LogP contribution is 2.25. The lowest BCUT2D eigenvalue weighted by molar-refractivity contribution is 0.00907. The molecular formula is C11H11F2NO2. The van der Waals surface area contributed by atoms with E-state index < -0.39 is 17.6 Å². The van der Waals surface area contributed by atoms with Gasteiger partial charge in [-0.05, 0) is 25.3 Å². The number of nitrogens with two attached hydrogens (primary N) is 1. The average molecular weight is 227 g/mol. The number of anilines is 1. The quantitative estimate of drug-likeness (QED) is 0.622. The van der Waals surface area contributed by atoms with Crippen LogP contribution in [0.25, 0.3) is 0 Å². The Kier molecular flexibility index (Phi) is 2.77. The monoisotopic (exact) mass is 227 g/mol. The van der Waals surface area contributed by atoms with Crippen LogP contribution in [-0.4, -0.2) is 12.1 Å². The summed E-state index contributed by atoms with van der Waals surface area (Å²) < 4.78 is 30.7. The molecule has 2 N–H and O–H groups in total. The van der Waals surface area contributed by atoms with Crippen LogP contribution < -0.4 is 5.73 Å². The van der Waals surface area contributed by atoms with Gasteiger partial charge in [-0.1, -0.05) is 0 Å². The molecule has 0 amide bonds. The second-order valence-corrected chi connectivity index (χ2v) is 3.81. The minimum Gasteiger partial charge on any atom is -0.459 e. The molecular weight excluding hydrogens is 216 g/mol. The van der Waals surface area contributed by atoms with Gasteiger partial charge in [-0.15, -0.1) is 0 Å². The largest absolute Gasteiger partial charge is 0.459 e. The molecule has 1 aliphatic carbocycles. The van der Waals surface area contributed by atoms with Crippen LogP contribution >= 0.6 is 0 Å².